The maximum atomic E-state index is 11.8. The van der Waals surface area contributed by atoms with Gasteiger partial charge in [-0.25, -0.2) is 0 Å². The quantitative estimate of drug-likeness (QED) is 0.768. The summed E-state index contributed by atoms with van der Waals surface area (Å²) in [6, 6.07) is 9.54. The van der Waals surface area contributed by atoms with Gasteiger partial charge in [0.05, 0.1) is 11.3 Å². The zero-order valence-corrected chi connectivity index (χ0v) is 10.4. The van der Waals surface area contributed by atoms with Gasteiger partial charge in [0.2, 0.25) is 5.91 Å². The van der Waals surface area contributed by atoms with E-state index in [1.807, 2.05) is 23.1 Å². The van der Waals surface area contributed by atoms with Crippen molar-refractivity contribution in [2.75, 3.05) is 18.8 Å². The first-order valence-electron chi connectivity index (χ1n) is 5.71. The van der Waals surface area contributed by atoms with Crippen LogP contribution in [0, 0.1) is 11.3 Å². The number of thioether (sulfide) groups is 1. The van der Waals surface area contributed by atoms with Crippen molar-refractivity contribution in [3.63, 3.8) is 0 Å². The van der Waals surface area contributed by atoms with Crippen molar-refractivity contribution in [3.05, 3.63) is 29.8 Å². The molecule has 0 aromatic heterocycles. The van der Waals surface area contributed by atoms with Crippen molar-refractivity contribution in [1.29, 1.82) is 5.26 Å². The van der Waals surface area contributed by atoms with Crippen molar-refractivity contribution in [1.82, 2.24) is 4.90 Å². The van der Waals surface area contributed by atoms with Crippen molar-refractivity contribution in [3.8, 4) is 6.07 Å². The van der Waals surface area contributed by atoms with Gasteiger partial charge in [-0.15, -0.1) is 11.8 Å². The molecule has 0 bridgehead atoms. The molecule has 0 N–H and O–H groups in total. The van der Waals surface area contributed by atoms with Crippen molar-refractivity contribution < 1.29 is 4.79 Å². The molecule has 2 rings (SSSR count). The lowest BCUT2D eigenvalue weighted by Gasteiger charge is -2.14. The molecule has 1 heterocycles. The molecular weight excluding hydrogens is 232 g/mol. The van der Waals surface area contributed by atoms with Crippen LogP contribution in [0.4, 0.5) is 0 Å². The molecule has 88 valence electrons. The SMILES string of the molecule is N#Cc1ccccc1SCC(=O)N1CCCC1. The van der Waals surface area contributed by atoms with Gasteiger partial charge in [-0.1, -0.05) is 12.1 Å². The molecule has 3 nitrogen and oxygen atoms in total. The molecule has 1 aliphatic rings. The number of nitriles is 1. The minimum absolute atomic E-state index is 0.181. The van der Waals surface area contributed by atoms with E-state index < -0.39 is 0 Å². The number of nitrogens with zero attached hydrogens (tertiary/aromatic N) is 2. The van der Waals surface area contributed by atoms with Crippen LogP contribution >= 0.6 is 11.8 Å². The van der Waals surface area contributed by atoms with Crippen LogP contribution < -0.4 is 0 Å². The molecule has 4 heteroatoms. The second-order valence-corrected chi connectivity index (χ2v) is 5.00. The largest absolute Gasteiger partial charge is 0.342 e. The Labute approximate surface area is 105 Å². The predicted molar refractivity (Wildman–Crippen MR) is 67.7 cm³/mol. The lowest BCUT2D eigenvalue weighted by molar-refractivity contribution is -0.127. The Morgan fingerprint density at radius 1 is 1.35 bits per heavy atom. The van der Waals surface area contributed by atoms with Gasteiger partial charge in [0, 0.05) is 18.0 Å². The van der Waals surface area contributed by atoms with Gasteiger partial charge in [0.25, 0.3) is 0 Å². The standard InChI is InChI=1S/C13H14N2OS/c14-9-11-5-1-2-6-12(11)17-10-13(16)15-7-3-4-8-15/h1-2,5-6H,3-4,7-8,10H2. The summed E-state index contributed by atoms with van der Waals surface area (Å²) < 4.78 is 0. The Balaban J connectivity index is 1.93. The highest BCUT2D eigenvalue weighted by Crippen LogP contribution is 2.22. The highest BCUT2D eigenvalue weighted by molar-refractivity contribution is 8.00. The highest BCUT2D eigenvalue weighted by Gasteiger charge is 2.17. The molecule has 0 radical (unpaired) electrons. The van der Waals surface area contributed by atoms with Crippen LogP contribution in [0.2, 0.25) is 0 Å². The average Bonchev–Trinajstić information content (AvgIpc) is 2.90. The number of carbonyl (C=O) groups excluding carboxylic acids is 1. The van der Waals surface area contributed by atoms with Gasteiger partial charge >= 0.3 is 0 Å². The van der Waals surface area contributed by atoms with Crippen molar-refractivity contribution >= 4 is 17.7 Å². The molecule has 1 aromatic rings. The third kappa shape index (κ3) is 3.01. The fourth-order valence-electron chi connectivity index (χ4n) is 1.88. The monoisotopic (exact) mass is 246 g/mol. The number of rotatable bonds is 3. The van der Waals surface area contributed by atoms with Gasteiger partial charge in [0.1, 0.15) is 6.07 Å². The number of carbonyl (C=O) groups is 1. The summed E-state index contributed by atoms with van der Waals surface area (Å²) in [5.74, 6) is 0.610. The van der Waals surface area contributed by atoms with E-state index in [1.165, 1.54) is 11.8 Å². The Hall–Kier alpha value is -1.47. The summed E-state index contributed by atoms with van der Waals surface area (Å²) >= 11 is 1.45. The number of hydrogen-bond acceptors (Lipinski definition) is 3. The third-order valence-corrected chi connectivity index (χ3v) is 3.88. The van der Waals surface area contributed by atoms with E-state index in [0.717, 1.165) is 30.8 Å². The Morgan fingerprint density at radius 2 is 2.06 bits per heavy atom. The van der Waals surface area contributed by atoms with Crippen LogP contribution in [0.25, 0.3) is 0 Å². The number of amides is 1. The van der Waals surface area contributed by atoms with Crippen LogP contribution in [0.1, 0.15) is 18.4 Å². The molecule has 0 spiro atoms. The zero-order chi connectivity index (χ0) is 12.1. The molecule has 1 fully saturated rings. The van der Waals surface area contributed by atoms with E-state index in [4.69, 9.17) is 5.26 Å². The van der Waals surface area contributed by atoms with E-state index in [-0.39, 0.29) is 5.91 Å². The first-order chi connectivity index (χ1) is 8.31. The molecule has 0 saturated carbocycles. The Morgan fingerprint density at radius 3 is 2.76 bits per heavy atom. The molecule has 1 aliphatic heterocycles. The molecule has 0 aliphatic carbocycles. The van der Waals surface area contributed by atoms with Gasteiger partial charge in [-0.05, 0) is 25.0 Å². The molecule has 1 saturated heterocycles. The van der Waals surface area contributed by atoms with Crippen LogP contribution in [-0.2, 0) is 4.79 Å². The topological polar surface area (TPSA) is 44.1 Å². The van der Waals surface area contributed by atoms with Crippen molar-refractivity contribution in [2.45, 2.75) is 17.7 Å². The summed E-state index contributed by atoms with van der Waals surface area (Å²) in [6.07, 6.45) is 2.23. The van der Waals surface area contributed by atoms with Crippen LogP contribution in [0.5, 0.6) is 0 Å². The number of hydrogen-bond donors (Lipinski definition) is 0. The van der Waals surface area contributed by atoms with Gasteiger partial charge in [-0.3, -0.25) is 4.79 Å². The molecular formula is C13H14N2OS. The summed E-state index contributed by atoms with van der Waals surface area (Å²) in [7, 11) is 0. The lowest BCUT2D eigenvalue weighted by Crippen LogP contribution is -2.29. The van der Waals surface area contributed by atoms with E-state index in [1.54, 1.807) is 6.07 Å². The van der Waals surface area contributed by atoms with Gasteiger partial charge < -0.3 is 4.90 Å². The zero-order valence-electron chi connectivity index (χ0n) is 9.56. The molecule has 17 heavy (non-hydrogen) atoms. The Kier molecular flexibility index (Phi) is 4.05. The summed E-state index contributed by atoms with van der Waals surface area (Å²) in [5.41, 5.74) is 0.645. The molecule has 1 amide bonds. The van der Waals surface area contributed by atoms with Gasteiger partial charge in [-0.2, -0.15) is 5.26 Å². The highest BCUT2D eigenvalue weighted by atomic mass is 32.2. The molecule has 0 atom stereocenters. The van der Waals surface area contributed by atoms with Gasteiger partial charge in [0.15, 0.2) is 0 Å². The average molecular weight is 246 g/mol. The Bertz CT molecular complexity index is 447. The number of benzene rings is 1. The maximum absolute atomic E-state index is 11.8. The van der Waals surface area contributed by atoms with Crippen molar-refractivity contribution in [2.24, 2.45) is 0 Å². The van der Waals surface area contributed by atoms with E-state index in [0.29, 0.717) is 11.3 Å². The first kappa shape index (κ1) is 12.0. The minimum Gasteiger partial charge on any atom is -0.342 e. The third-order valence-electron chi connectivity index (χ3n) is 2.82. The summed E-state index contributed by atoms with van der Waals surface area (Å²) in [4.78, 5) is 14.6. The summed E-state index contributed by atoms with van der Waals surface area (Å²) in [5, 5.41) is 8.94. The number of likely N-dealkylation sites (tertiary alicyclic amines) is 1. The lowest BCUT2D eigenvalue weighted by atomic mass is 10.2. The molecule has 0 unspecified atom stereocenters. The van der Waals surface area contributed by atoms with Crippen LogP contribution in [0.3, 0.4) is 0 Å². The fourth-order valence-corrected chi connectivity index (χ4v) is 2.79. The minimum atomic E-state index is 0.181. The van der Waals surface area contributed by atoms with E-state index >= 15 is 0 Å². The molecule has 1 aromatic carbocycles. The fraction of sp³-hybridized carbons (Fsp3) is 0.385. The summed E-state index contributed by atoms with van der Waals surface area (Å²) in [6.45, 7) is 1.78. The second kappa shape index (κ2) is 5.74. The van der Waals surface area contributed by atoms with E-state index in [9.17, 15) is 4.79 Å². The second-order valence-electron chi connectivity index (χ2n) is 3.98. The predicted octanol–water partition coefficient (Wildman–Crippen LogP) is 2.27. The van der Waals surface area contributed by atoms with E-state index in [2.05, 4.69) is 6.07 Å². The smallest absolute Gasteiger partial charge is 0.232 e. The van der Waals surface area contributed by atoms with Crippen LogP contribution in [0.15, 0.2) is 29.2 Å². The van der Waals surface area contributed by atoms with Crippen LogP contribution in [-0.4, -0.2) is 29.6 Å². The first-order valence-corrected chi connectivity index (χ1v) is 6.69. The maximum Gasteiger partial charge on any atom is 0.232 e. The normalized spacial score (nSPS) is 14.6.